The normalized spacial score (nSPS) is 22.4. The minimum Gasteiger partial charge on any atom is -0.336 e. The van der Waals surface area contributed by atoms with Gasteiger partial charge in [-0.2, -0.15) is 5.10 Å². The number of aromatic nitrogens is 2. The molecule has 146 valence electrons. The lowest BCUT2D eigenvalue weighted by Crippen LogP contribution is -2.37. The highest BCUT2D eigenvalue weighted by atomic mass is 35.5. The number of carbonyl (C=O) groups is 1. The van der Waals surface area contributed by atoms with Crippen LogP contribution < -0.4 is 5.32 Å². The molecule has 2 aliphatic heterocycles. The smallest absolute Gasteiger partial charge is 0.274 e. The van der Waals surface area contributed by atoms with Gasteiger partial charge in [0.25, 0.3) is 5.91 Å². The van der Waals surface area contributed by atoms with Crippen LogP contribution >= 0.6 is 12.4 Å². The molecule has 1 aliphatic carbocycles. The molecular weight excluding hydrogens is 350 g/mol. The topological polar surface area (TPSA) is 64.3 Å². The van der Waals surface area contributed by atoms with Crippen LogP contribution in [0.1, 0.15) is 60.3 Å². The van der Waals surface area contributed by atoms with Crippen LogP contribution in [0.2, 0.25) is 0 Å². The Hall–Kier alpha value is -1.11. The van der Waals surface area contributed by atoms with Crippen molar-refractivity contribution >= 4 is 18.3 Å². The Labute approximate surface area is 162 Å². The molecule has 4 rings (SSSR count). The number of fused-ring (bicyclic) bond motifs is 1. The summed E-state index contributed by atoms with van der Waals surface area (Å²) < 4.78 is 0. The monoisotopic (exact) mass is 381 g/mol. The largest absolute Gasteiger partial charge is 0.336 e. The van der Waals surface area contributed by atoms with Gasteiger partial charge in [-0.1, -0.05) is 19.3 Å². The number of aromatic amines is 1. The third kappa shape index (κ3) is 4.41. The molecule has 1 aromatic heterocycles. The molecule has 26 heavy (non-hydrogen) atoms. The summed E-state index contributed by atoms with van der Waals surface area (Å²) in [6.07, 6.45) is 9.02. The summed E-state index contributed by atoms with van der Waals surface area (Å²) in [6.45, 7) is 6.77. The Bertz CT molecular complexity index is 599. The highest BCUT2D eigenvalue weighted by Gasteiger charge is 2.27. The zero-order valence-corrected chi connectivity index (χ0v) is 16.5. The summed E-state index contributed by atoms with van der Waals surface area (Å²) in [7, 11) is 0. The molecule has 2 N–H and O–H groups in total. The third-order valence-corrected chi connectivity index (χ3v) is 6.13. The zero-order chi connectivity index (χ0) is 17.1. The Morgan fingerprint density at radius 3 is 2.77 bits per heavy atom. The predicted molar refractivity (Wildman–Crippen MR) is 105 cm³/mol. The highest BCUT2D eigenvalue weighted by molar-refractivity contribution is 5.94. The summed E-state index contributed by atoms with van der Waals surface area (Å²) in [5, 5.41) is 10.8. The van der Waals surface area contributed by atoms with Crippen LogP contribution in [0.5, 0.6) is 0 Å². The van der Waals surface area contributed by atoms with E-state index in [0.29, 0.717) is 5.69 Å². The van der Waals surface area contributed by atoms with E-state index in [2.05, 4.69) is 20.4 Å². The number of hydrogen-bond acceptors (Lipinski definition) is 4. The standard InChI is InChI=1S/C19H31N5O.ClH/c25-19(18-16-13-20-8-7-17(16)21-22-18)24-10-4-9-23(11-12-24)14-15-5-2-1-3-6-15;/h15,20H,1-14H2,(H,21,22);1H. The Kier molecular flexibility index (Phi) is 6.95. The van der Waals surface area contributed by atoms with Crippen LogP contribution in [0, 0.1) is 5.92 Å². The molecule has 0 bridgehead atoms. The molecular formula is C19H32ClN5O. The fourth-order valence-electron chi connectivity index (χ4n) is 4.64. The number of carbonyl (C=O) groups excluding carboxylic acids is 1. The van der Waals surface area contributed by atoms with E-state index in [0.717, 1.165) is 69.3 Å². The average molecular weight is 382 g/mol. The van der Waals surface area contributed by atoms with Crippen molar-refractivity contribution in [1.82, 2.24) is 25.3 Å². The SMILES string of the molecule is Cl.O=C(c1n[nH]c2c1CNCC2)N1CCCN(CC2CCCCC2)CC1. The molecule has 1 saturated carbocycles. The molecule has 1 saturated heterocycles. The summed E-state index contributed by atoms with van der Waals surface area (Å²) in [6, 6.07) is 0. The van der Waals surface area contributed by atoms with Crippen molar-refractivity contribution in [2.24, 2.45) is 5.92 Å². The molecule has 1 aromatic rings. The van der Waals surface area contributed by atoms with E-state index in [1.54, 1.807) is 0 Å². The van der Waals surface area contributed by atoms with Crippen LogP contribution in [0.4, 0.5) is 0 Å². The van der Waals surface area contributed by atoms with Crippen LogP contribution in [0.15, 0.2) is 0 Å². The lowest BCUT2D eigenvalue weighted by atomic mass is 9.89. The second-order valence-electron chi connectivity index (χ2n) is 7.91. The number of H-pyrrole nitrogens is 1. The molecule has 3 heterocycles. The number of hydrogen-bond donors (Lipinski definition) is 2. The maximum atomic E-state index is 13.0. The molecule has 6 nitrogen and oxygen atoms in total. The summed E-state index contributed by atoms with van der Waals surface area (Å²) in [5.74, 6) is 0.987. The van der Waals surface area contributed by atoms with Gasteiger partial charge in [0.05, 0.1) is 0 Å². The summed E-state index contributed by atoms with van der Waals surface area (Å²) in [4.78, 5) is 17.6. The van der Waals surface area contributed by atoms with Gasteiger partial charge in [0.1, 0.15) is 0 Å². The maximum absolute atomic E-state index is 13.0. The van der Waals surface area contributed by atoms with E-state index in [9.17, 15) is 4.79 Å². The van der Waals surface area contributed by atoms with Crippen molar-refractivity contribution in [1.29, 1.82) is 0 Å². The van der Waals surface area contributed by atoms with Crippen molar-refractivity contribution in [3.8, 4) is 0 Å². The van der Waals surface area contributed by atoms with E-state index in [1.165, 1.54) is 38.6 Å². The Balaban J connectivity index is 0.00000196. The van der Waals surface area contributed by atoms with E-state index >= 15 is 0 Å². The fraction of sp³-hybridized carbons (Fsp3) is 0.789. The summed E-state index contributed by atoms with van der Waals surface area (Å²) >= 11 is 0. The molecule has 2 fully saturated rings. The lowest BCUT2D eigenvalue weighted by Gasteiger charge is -2.28. The highest BCUT2D eigenvalue weighted by Crippen LogP contribution is 2.25. The number of halogens is 1. The maximum Gasteiger partial charge on any atom is 0.274 e. The Morgan fingerprint density at radius 2 is 1.92 bits per heavy atom. The second-order valence-corrected chi connectivity index (χ2v) is 7.91. The van der Waals surface area contributed by atoms with Gasteiger partial charge >= 0.3 is 0 Å². The Morgan fingerprint density at radius 1 is 1.08 bits per heavy atom. The third-order valence-electron chi connectivity index (χ3n) is 6.13. The van der Waals surface area contributed by atoms with Crippen LogP contribution in [-0.2, 0) is 13.0 Å². The van der Waals surface area contributed by atoms with Crippen molar-refractivity contribution in [3.05, 3.63) is 17.0 Å². The molecule has 0 aromatic carbocycles. The fourth-order valence-corrected chi connectivity index (χ4v) is 4.64. The van der Waals surface area contributed by atoms with Gasteiger partial charge in [-0.25, -0.2) is 0 Å². The first-order chi connectivity index (χ1) is 12.3. The number of nitrogens with one attached hydrogen (secondary N) is 2. The van der Waals surface area contributed by atoms with Gasteiger partial charge in [-0.05, 0) is 31.7 Å². The van der Waals surface area contributed by atoms with E-state index in [1.807, 2.05) is 4.90 Å². The molecule has 7 heteroatoms. The van der Waals surface area contributed by atoms with Crippen molar-refractivity contribution in [2.75, 3.05) is 39.3 Å². The quantitative estimate of drug-likeness (QED) is 0.842. The van der Waals surface area contributed by atoms with Crippen molar-refractivity contribution < 1.29 is 4.79 Å². The van der Waals surface area contributed by atoms with Crippen molar-refractivity contribution in [2.45, 2.75) is 51.5 Å². The molecule has 0 spiro atoms. The number of nitrogens with zero attached hydrogens (tertiary/aromatic N) is 3. The van der Waals surface area contributed by atoms with E-state index in [4.69, 9.17) is 0 Å². The predicted octanol–water partition coefficient (Wildman–Crippen LogP) is 2.21. The minimum absolute atomic E-state index is 0. The van der Waals surface area contributed by atoms with Crippen LogP contribution in [0.25, 0.3) is 0 Å². The van der Waals surface area contributed by atoms with Crippen LogP contribution in [0.3, 0.4) is 0 Å². The van der Waals surface area contributed by atoms with Crippen molar-refractivity contribution in [3.63, 3.8) is 0 Å². The average Bonchev–Trinajstić information content (AvgIpc) is 2.95. The van der Waals surface area contributed by atoms with E-state index < -0.39 is 0 Å². The number of amides is 1. The first kappa shape index (κ1) is 19.6. The van der Waals surface area contributed by atoms with Gasteiger partial charge in [0.2, 0.25) is 0 Å². The lowest BCUT2D eigenvalue weighted by molar-refractivity contribution is 0.0752. The molecule has 0 unspecified atom stereocenters. The first-order valence-electron chi connectivity index (χ1n) is 10.1. The molecule has 0 radical (unpaired) electrons. The van der Waals surface area contributed by atoms with E-state index in [-0.39, 0.29) is 18.3 Å². The van der Waals surface area contributed by atoms with Gasteiger partial charge in [-0.15, -0.1) is 12.4 Å². The summed E-state index contributed by atoms with van der Waals surface area (Å²) in [5.41, 5.74) is 2.86. The molecule has 1 amide bonds. The molecule has 3 aliphatic rings. The second kappa shape index (κ2) is 9.20. The van der Waals surface area contributed by atoms with Crippen LogP contribution in [-0.4, -0.2) is 65.2 Å². The molecule has 0 atom stereocenters. The van der Waals surface area contributed by atoms with Gasteiger partial charge < -0.3 is 15.1 Å². The first-order valence-corrected chi connectivity index (χ1v) is 10.1. The zero-order valence-electron chi connectivity index (χ0n) is 15.6. The van der Waals surface area contributed by atoms with Gasteiger partial charge in [-0.3, -0.25) is 9.89 Å². The minimum atomic E-state index is 0. The number of rotatable bonds is 3. The van der Waals surface area contributed by atoms with Gasteiger partial charge in [0.15, 0.2) is 5.69 Å². The van der Waals surface area contributed by atoms with Gasteiger partial charge in [0, 0.05) is 56.9 Å².